The quantitative estimate of drug-likeness (QED) is 0.242. The van der Waals surface area contributed by atoms with Gasteiger partial charge in [-0.15, -0.1) is 0 Å². The third-order valence-corrected chi connectivity index (χ3v) is 16.6. The number of hydrogen-bond acceptors (Lipinski definition) is 12. The average molecular weight is 721 g/mol. The van der Waals surface area contributed by atoms with E-state index in [1.165, 1.54) is 13.8 Å². The standard InChI is InChI=1S/C39H60O12/c1-20(40)48-28-29-34(7)13-16-39(51-34,33(5,6)45)47-19-38(29)15-14-37-18-36(37)12-11-25(50-31-27(44)26(43)22(42)17-46-31)32(3,4)23(36)9-10-24(37)35(38,8)30(28)49-21(2)41/h22-31,42-45H,9-19H2,1-8H3/t22-,23-,24+,25+,26+,27-,28-,29-,30-,31+,34+,35-,36-,37+,38+,39+/m1/s1. The zero-order valence-corrected chi connectivity index (χ0v) is 31.6. The molecule has 3 spiro atoms. The van der Waals surface area contributed by atoms with Crippen LogP contribution in [-0.2, 0) is 38.0 Å². The number of hydrogen-bond donors (Lipinski definition) is 4. The minimum absolute atomic E-state index is 0.0195. The van der Waals surface area contributed by atoms with Gasteiger partial charge < -0.3 is 48.8 Å². The third kappa shape index (κ3) is 4.54. The van der Waals surface area contributed by atoms with E-state index < -0.39 is 76.6 Å². The number of rotatable bonds is 5. The predicted octanol–water partition coefficient (Wildman–Crippen LogP) is 3.38. The van der Waals surface area contributed by atoms with Crippen LogP contribution < -0.4 is 0 Å². The van der Waals surface area contributed by atoms with Crippen molar-refractivity contribution in [2.75, 3.05) is 13.2 Å². The first-order valence-corrected chi connectivity index (χ1v) is 19.4. The molecular weight excluding hydrogens is 660 g/mol. The summed E-state index contributed by atoms with van der Waals surface area (Å²) in [4.78, 5) is 26.0. The lowest BCUT2D eigenvalue weighted by molar-refractivity contribution is -0.317. The van der Waals surface area contributed by atoms with E-state index >= 15 is 0 Å². The summed E-state index contributed by atoms with van der Waals surface area (Å²) < 4.78 is 38.7. The van der Waals surface area contributed by atoms with Gasteiger partial charge >= 0.3 is 11.9 Å². The van der Waals surface area contributed by atoms with Gasteiger partial charge in [0, 0.05) is 37.0 Å². The molecular formula is C39H60O12. The summed E-state index contributed by atoms with van der Waals surface area (Å²) in [5.41, 5.74) is -3.51. The second kappa shape index (κ2) is 11.1. The molecule has 8 rings (SSSR count). The summed E-state index contributed by atoms with van der Waals surface area (Å²) in [7, 11) is 0. The number of aliphatic hydroxyl groups is 4. The van der Waals surface area contributed by atoms with Gasteiger partial charge in [-0.25, -0.2) is 0 Å². The van der Waals surface area contributed by atoms with Crippen molar-refractivity contribution in [3.63, 3.8) is 0 Å². The Morgan fingerprint density at radius 3 is 2.12 bits per heavy atom. The maximum Gasteiger partial charge on any atom is 0.303 e. The van der Waals surface area contributed by atoms with Gasteiger partial charge in [0.15, 0.2) is 12.1 Å². The van der Waals surface area contributed by atoms with Crippen LogP contribution in [0.15, 0.2) is 0 Å². The SMILES string of the molecule is CC(=O)O[C@H]1[C@@H](OC(C)=O)[C@@]2(C)[C@@H]3CC[C@@H]4C(C)(C)[C@@H](O[C@@H]5OC[C@@H](O)[C@H](O)[C@H]5O)CC[C@@]45C[C@@]35CC[C@@]23CO[C@@]2(C(C)(C)O)CC[C@](C)(O2)[C@@H]13. The predicted molar refractivity (Wildman–Crippen MR) is 179 cm³/mol. The van der Waals surface area contributed by atoms with Crippen molar-refractivity contribution in [2.45, 2.75) is 173 Å². The molecule has 0 aromatic carbocycles. The van der Waals surface area contributed by atoms with E-state index in [4.69, 9.17) is 28.4 Å². The van der Waals surface area contributed by atoms with E-state index in [2.05, 4.69) is 27.7 Å². The molecule has 5 saturated carbocycles. The van der Waals surface area contributed by atoms with Crippen LogP contribution in [0, 0.1) is 44.8 Å². The van der Waals surface area contributed by atoms with Crippen LogP contribution in [0.3, 0.4) is 0 Å². The summed E-state index contributed by atoms with van der Waals surface area (Å²) >= 11 is 0. The van der Waals surface area contributed by atoms with E-state index in [1.807, 2.05) is 0 Å². The van der Waals surface area contributed by atoms with Gasteiger partial charge in [0.2, 0.25) is 0 Å². The van der Waals surface area contributed by atoms with E-state index in [0.717, 1.165) is 44.9 Å². The molecule has 3 saturated heterocycles. The largest absolute Gasteiger partial charge is 0.458 e. The first-order valence-electron chi connectivity index (χ1n) is 19.4. The summed E-state index contributed by atoms with van der Waals surface area (Å²) in [5.74, 6) is -1.89. The Bertz CT molecular complexity index is 1460. The molecule has 12 heteroatoms. The minimum atomic E-state index is -1.34. The molecule has 5 aliphatic carbocycles. The Morgan fingerprint density at radius 1 is 0.804 bits per heavy atom. The smallest absolute Gasteiger partial charge is 0.303 e. The normalized spacial score (nSPS) is 55.2. The van der Waals surface area contributed by atoms with E-state index in [-0.39, 0.29) is 40.8 Å². The molecule has 0 radical (unpaired) electrons. The van der Waals surface area contributed by atoms with Crippen LogP contribution in [0.2, 0.25) is 0 Å². The molecule has 3 heterocycles. The molecule has 8 fully saturated rings. The highest BCUT2D eigenvalue weighted by Gasteiger charge is 2.88. The third-order valence-electron chi connectivity index (χ3n) is 16.6. The van der Waals surface area contributed by atoms with Crippen LogP contribution in [0.4, 0.5) is 0 Å². The van der Waals surface area contributed by atoms with Gasteiger partial charge in [-0.05, 0) is 100 Å². The number of aliphatic hydroxyl groups excluding tert-OH is 3. The van der Waals surface area contributed by atoms with Crippen LogP contribution in [0.25, 0.3) is 0 Å². The Kier molecular flexibility index (Phi) is 7.97. The lowest BCUT2D eigenvalue weighted by atomic mass is 9.41. The number of fused-ring (bicyclic) bond motifs is 4. The molecule has 0 aromatic rings. The summed E-state index contributed by atoms with van der Waals surface area (Å²) in [6.07, 6.45) is 0.954. The minimum Gasteiger partial charge on any atom is -0.458 e. The highest BCUT2D eigenvalue weighted by molar-refractivity contribution is 5.68. The number of esters is 2. The van der Waals surface area contributed by atoms with Crippen molar-refractivity contribution < 1.29 is 58.4 Å². The molecule has 0 amide bonds. The maximum absolute atomic E-state index is 13.0. The van der Waals surface area contributed by atoms with Crippen molar-refractivity contribution in [2.24, 2.45) is 44.8 Å². The highest BCUT2D eigenvalue weighted by atomic mass is 16.7. The molecule has 12 nitrogen and oxygen atoms in total. The van der Waals surface area contributed by atoms with E-state index in [0.29, 0.717) is 25.4 Å². The second-order valence-electron chi connectivity index (χ2n) is 19.4. The lowest BCUT2D eigenvalue weighted by Crippen LogP contribution is -2.63. The second-order valence-corrected chi connectivity index (χ2v) is 19.4. The lowest BCUT2D eigenvalue weighted by Gasteiger charge is -2.64. The average Bonchev–Trinajstić information content (AvgIpc) is 3.52. The zero-order valence-electron chi connectivity index (χ0n) is 31.6. The van der Waals surface area contributed by atoms with E-state index in [9.17, 15) is 30.0 Å². The fourth-order valence-electron chi connectivity index (χ4n) is 14.5. The molecule has 0 aromatic heterocycles. The van der Waals surface area contributed by atoms with Gasteiger partial charge in [0.1, 0.15) is 36.1 Å². The Balaban J connectivity index is 1.17. The molecule has 288 valence electrons. The molecule has 0 unspecified atom stereocenters. The van der Waals surface area contributed by atoms with Gasteiger partial charge in [-0.1, -0.05) is 20.8 Å². The van der Waals surface area contributed by atoms with E-state index in [1.54, 1.807) is 13.8 Å². The molecule has 51 heavy (non-hydrogen) atoms. The Morgan fingerprint density at radius 2 is 1.45 bits per heavy atom. The summed E-state index contributed by atoms with van der Waals surface area (Å²) in [6, 6.07) is 0. The Hall–Kier alpha value is -1.38. The summed E-state index contributed by atoms with van der Waals surface area (Å²) in [6.45, 7) is 15.4. The monoisotopic (exact) mass is 720 g/mol. The fraction of sp³-hybridized carbons (Fsp3) is 0.949. The van der Waals surface area contributed by atoms with Gasteiger partial charge in [0.25, 0.3) is 0 Å². The molecule has 16 atom stereocenters. The number of ether oxygens (including phenoxy) is 6. The van der Waals surface area contributed by atoms with Crippen molar-refractivity contribution in [1.29, 1.82) is 0 Å². The van der Waals surface area contributed by atoms with Crippen LogP contribution in [0.5, 0.6) is 0 Å². The number of carbonyl (C=O) groups is 2. The van der Waals surface area contributed by atoms with Crippen molar-refractivity contribution in [3.8, 4) is 0 Å². The van der Waals surface area contributed by atoms with Gasteiger partial charge in [-0.2, -0.15) is 0 Å². The van der Waals surface area contributed by atoms with Crippen molar-refractivity contribution >= 4 is 11.9 Å². The highest BCUT2D eigenvalue weighted by Crippen LogP contribution is 2.90. The molecule has 8 aliphatic rings. The molecule has 3 aliphatic heterocycles. The van der Waals surface area contributed by atoms with Crippen molar-refractivity contribution in [1.82, 2.24) is 0 Å². The van der Waals surface area contributed by atoms with Crippen LogP contribution >= 0.6 is 0 Å². The fourth-order valence-corrected chi connectivity index (χ4v) is 14.5. The topological polar surface area (TPSA) is 170 Å². The van der Waals surface area contributed by atoms with Crippen LogP contribution in [0.1, 0.15) is 113 Å². The zero-order chi connectivity index (χ0) is 36.9. The molecule has 4 N–H and O–H groups in total. The van der Waals surface area contributed by atoms with Gasteiger partial charge in [0.05, 0.1) is 24.9 Å². The first-order chi connectivity index (χ1) is 23.6. The summed E-state index contributed by atoms with van der Waals surface area (Å²) in [5, 5.41) is 42.5. The van der Waals surface area contributed by atoms with Crippen LogP contribution in [-0.4, -0.2) is 105 Å². The Labute approximate surface area is 301 Å². The maximum atomic E-state index is 13.0. The van der Waals surface area contributed by atoms with Gasteiger partial charge in [-0.3, -0.25) is 9.59 Å². The molecule has 2 bridgehead atoms. The van der Waals surface area contributed by atoms with Crippen molar-refractivity contribution in [3.05, 3.63) is 0 Å². The number of carbonyl (C=O) groups excluding carboxylic acids is 2. The first kappa shape index (κ1) is 36.6.